The molecule has 0 N–H and O–H groups in total. The number of methoxy groups -OCH3 is 1. The molecule has 3 amide bonds. The zero-order valence-corrected chi connectivity index (χ0v) is 22.6. The van der Waals surface area contributed by atoms with Gasteiger partial charge in [-0.1, -0.05) is 11.8 Å². The van der Waals surface area contributed by atoms with Gasteiger partial charge in [0.25, 0.3) is 0 Å². The van der Waals surface area contributed by atoms with Crippen LogP contribution in [-0.2, 0) is 4.79 Å². The molecule has 1 aromatic carbocycles. The largest absolute Gasteiger partial charge is 0.497 e. The summed E-state index contributed by atoms with van der Waals surface area (Å²) in [7, 11) is 5.14. The van der Waals surface area contributed by atoms with Gasteiger partial charge in [-0.15, -0.1) is 10.2 Å². The molecule has 4 rings (SSSR count). The molecule has 0 bridgehead atoms. The Kier molecular flexibility index (Phi) is 8.75. The Bertz CT molecular complexity index is 1180. The Hall–Kier alpha value is -3.47. The second kappa shape index (κ2) is 12.2. The molecule has 0 radical (unpaired) electrons. The molecule has 1 aliphatic heterocycles. The minimum Gasteiger partial charge on any atom is -0.497 e. The number of piperazine rings is 1. The van der Waals surface area contributed by atoms with Gasteiger partial charge in [-0.2, -0.15) is 0 Å². The third kappa shape index (κ3) is 6.27. The lowest BCUT2D eigenvalue weighted by Gasteiger charge is -2.40. The van der Waals surface area contributed by atoms with Gasteiger partial charge in [-0.25, -0.2) is 4.79 Å². The van der Waals surface area contributed by atoms with Crippen LogP contribution in [0.4, 0.5) is 4.79 Å². The normalized spacial score (nSPS) is 15.6. The fourth-order valence-electron chi connectivity index (χ4n) is 4.32. The van der Waals surface area contributed by atoms with Crippen LogP contribution in [0.5, 0.6) is 5.75 Å². The van der Waals surface area contributed by atoms with Crippen molar-refractivity contribution < 1.29 is 18.7 Å². The lowest BCUT2D eigenvalue weighted by molar-refractivity contribution is -0.133. The number of hydrogen-bond donors (Lipinski definition) is 0. The van der Waals surface area contributed by atoms with E-state index in [2.05, 4.69) is 10.2 Å². The summed E-state index contributed by atoms with van der Waals surface area (Å²) in [5.74, 6) is 3.00. The summed E-state index contributed by atoms with van der Waals surface area (Å²) in [4.78, 5) is 30.3. The third-order valence-electron chi connectivity index (χ3n) is 6.33. The van der Waals surface area contributed by atoms with Gasteiger partial charge in [0.1, 0.15) is 5.75 Å². The molecule has 1 atom stereocenters. The van der Waals surface area contributed by atoms with Crippen LogP contribution < -0.4 is 4.74 Å². The number of aromatic nitrogens is 3. The number of rotatable bonds is 9. The summed E-state index contributed by atoms with van der Waals surface area (Å²) in [5, 5.41) is 9.55. The smallest absolute Gasteiger partial charge is 0.319 e. The van der Waals surface area contributed by atoms with Gasteiger partial charge in [0, 0.05) is 51.9 Å². The van der Waals surface area contributed by atoms with Crippen molar-refractivity contribution in [3.05, 3.63) is 42.7 Å². The summed E-state index contributed by atoms with van der Waals surface area (Å²) in [5.41, 5.74) is 0.913. The molecule has 1 aliphatic rings. The highest BCUT2D eigenvalue weighted by Gasteiger charge is 2.30. The van der Waals surface area contributed by atoms with Crippen molar-refractivity contribution in [3.63, 3.8) is 0 Å². The summed E-state index contributed by atoms with van der Waals surface area (Å²) in [6, 6.07) is 11.4. The molecule has 10 nitrogen and oxygen atoms in total. The molecule has 198 valence electrons. The molecule has 0 spiro atoms. The van der Waals surface area contributed by atoms with Gasteiger partial charge in [0.15, 0.2) is 10.9 Å². The van der Waals surface area contributed by atoms with E-state index in [1.165, 1.54) is 0 Å². The fourth-order valence-corrected chi connectivity index (χ4v) is 5.27. The van der Waals surface area contributed by atoms with Gasteiger partial charge >= 0.3 is 6.03 Å². The van der Waals surface area contributed by atoms with Crippen molar-refractivity contribution in [2.24, 2.45) is 0 Å². The first-order valence-electron chi connectivity index (χ1n) is 12.4. The number of carbonyl (C=O) groups excluding carboxylic acids is 2. The molecule has 37 heavy (non-hydrogen) atoms. The van der Waals surface area contributed by atoms with Crippen LogP contribution in [0.15, 0.2) is 52.2 Å². The number of furan rings is 1. The van der Waals surface area contributed by atoms with E-state index < -0.39 is 0 Å². The Labute approximate surface area is 221 Å². The van der Waals surface area contributed by atoms with Crippen LogP contribution in [0.2, 0.25) is 0 Å². The number of hydrogen-bond acceptors (Lipinski definition) is 7. The van der Waals surface area contributed by atoms with E-state index >= 15 is 0 Å². The maximum Gasteiger partial charge on any atom is 0.319 e. The van der Waals surface area contributed by atoms with Crippen LogP contribution in [0.25, 0.3) is 17.3 Å². The average molecular weight is 527 g/mol. The minimum absolute atomic E-state index is 0.00526. The number of urea groups is 1. The fraction of sp³-hybridized carbons (Fsp3) is 0.462. The Morgan fingerprint density at radius 1 is 1.14 bits per heavy atom. The zero-order chi connectivity index (χ0) is 26.4. The van der Waals surface area contributed by atoms with Crippen molar-refractivity contribution in [2.45, 2.75) is 37.4 Å². The second-order valence-corrected chi connectivity index (χ2v) is 10.2. The Morgan fingerprint density at radius 3 is 2.57 bits per heavy atom. The number of amides is 3. The van der Waals surface area contributed by atoms with E-state index in [-0.39, 0.29) is 18.0 Å². The molecular weight excluding hydrogens is 492 g/mol. The predicted molar refractivity (Wildman–Crippen MR) is 142 cm³/mol. The summed E-state index contributed by atoms with van der Waals surface area (Å²) in [6.07, 6.45) is 3.78. The lowest BCUT2D eigenvalue weighted by Crippen LogP contribution is -2.57. The quantitative estimate of drug-likeness (QED) is 0.307. The molecular formula is C26H34N6O4S. The van der Waals surface area contributed by atoms with Crippen LogP contribution in [0.3, 0.4) is 0 Å². The van der Waals surface area contributed by atoms with E-state index in [1.54, 1.807) is 44.1 Å². The molecule has 2 aromatic heterocycles. The first-order valence-corrected chi connectivity index (χ1v) is 13.4. The third-order valence-corrected chi connectivity index (χ3v) is 7.35. The number of carbonyl (C=O) groups is 2. The average Bonchev–Trinajstić information content (AvgIpc) is 3.58. The van der Waals surface area contributed by atoms with Gasteiger partial charge < -0.3 is 23.9 Å². The number of benzene rings is 1. The highest BCUT2D eigenvalue weighted by molar-refractivity contribution is 7.99. The number of thioether (sulfide) groups is 1. The number of ether oxygens (including phenoxy) is 1. The van der Waals surface area contributed by atoms with Crippen LogP contribution in [0.1, 0.15) is 26.2 Å². The van der Waals surface area contributed by atoms with Crippen molar-refractivity contribution >= 4 is 23.7 Å². The zero-order valence-electron chi connectivity index (χ0n) is 21.8. The monoisotopic (exact) mass is 526 g/mol. The standard InChI is InChI=1S/C26H34N6O4S/c1-19-18-30(14-15-31(19)26(34)29(2)3)23(33)9-5-6-17-37-25-28-27-24(22-8-7-16-36-22)32(25)20-10-12-21(35-4)13-11-20/h7-8,10-13,16,19H,5-6,9,14-15,17-18H2,1-4H3. The van der Waals surface area contributed by atoms with Crippen LogP contribution in [0, 0.1) is 0 Å². The van der Waals surface area contributed by atoms with E-state index in [4.69, 9.17) is 9.15 Å². The molecule has 0 aliphatic carbocycles. The second-order valence-electron chi connectivity index (χ2n) is 9.18. The van der Waals surface area contributed by atoms with E-state index in [0.717, 1.165) is 35.2 Å². The van der Waals surface area contributed by atoms with Crippen LogP contribution >= 0.6 is 11.8 Å². The molecule has 11 heteroatoms. The van der Waals surface area contributed by atoms with Gasteiger partial charge in [-0.05, 0) is 56.2 Å². The predicted octanol–water partition coefficient (Wildman–Crippen LogP) is 4.01. The highest BCUT2D eigenvalue weighted by atomic mass is 32.2. The Morgan fingerprint density at radius 2 is 1.92 bits per heavy atom. The summed E-state index contributed by atoms with van der Waals surface area (Å²) >= 11 is 1.61. The van der Waals surface area contributed by atoms with E-state index in [9.17, 15) is 9.59 Å². The van der Waals surface area contributed by atoms with Crippen molar-refractivity contribution in [1.29, 1.82) is 0 Å². The lowest BCUT2D eigenvalue weighted by atomic mass is 10.1. The molecule has 1 saturated heterocycles. The summed E-state index contributed by atoms with van der Waals surface area (Å²) < 4.78 is 12.8. The van der Waals surface area contributed by atoms with Crippen molar-refractivity contribution in [1.82, 2.24) is 29.5 Å². The number of unbranched alkanes of at least 4 members (excludes halogenated alkanes) is 1. The molecule has 3 heterocycles. The first kappa shape index (κ1) is 26.6. The molecule has 1 fully saturated rings. The van der Waals surface area contributed by atoms with E-state index in [1.807, 2.05) is 57.7 Å². The van der Waals surface area contributed by atoms with Gasteiger partial charge in [0.2, 0.25) is 11.7 Å². The number of nitrogens with zero attached hydrogens (tertiary/aromatic N) is 6. The Balaban J connectivity index is 1.30. The first-order chi connectivity index (χ1) is 17.9. The minimum atomic E-state index is -0.00526. The summed E-state index contributed by atoms with van der Waals surface area (Å²) in [6.45, 7) is 3.72. The maximum absolute atomic E-state index is 12.8. The van der Waals surface area contributed by atoms with Crippen molar-refractivity contribution in [3.8, 4) is 23.0 Å². The SMILES string of the molecule is COc1ccc(-n2c(SCCCCC(=O)N3CCN(C(=O)N(C)C)C(C)C3)nnc2-c2ccco2)cc1. The van der Waals surface area contributed by atoms with Crippen molar-refractivity contribution in [2.75, 3.05) is 46.6 Å². The molecule has 0 saturated carbocycles. The topological polar surface area (TPSA) is 96.9 Å². The van der Waals surface area contributed by atoms with Crippen LogP contribution in [-0.4, -0.2) is 94.0 Å². The van der Waals surface area contributed by atoms with Gasteiger partial charge in [-0.3, -0.25) is 9.36 Å². The molecule has 1 unspecified atom stereocenters. The van der Waals surface area contributed by atoms with Gasteiger partial charge in [0.05, 0.1) is 19.1 Å². The van der Waals surface area contributed by atoms with E-state index in [0.29, 0.717) is 37.6 Å². The highest BCUT2D eigenvalue weighted by Crippen LogP contribution is 2.29. The molecule has 3 aromatic rings. The maximum atomic E-state index is 12.8.